The predicted molar refractivity (Wildman–Crippen MR) is 77.2 cm³/mol. The van der Waals surface area contributed by atoms with Crippen molar-refractivity contribution in [2.24, 2.45) is 11.3 Å². The Morgan fingerprint density at radius 1 is 1.16 bits per heavy atom. The molecule has 0 radical (unpaired) electrons. The molecule has 1 N–H and O–H groups in total. The number of aliphatic carboxylic acids is 1. The molecule has 2 fully saturated rings. The van der Waals surface area contributed by atoms with Gasteiger partial charge in [0.05, 0.1) is 6.42 Å². The van der Waals surface area contributed by atoms with E-state index >= 15 is 0 Å². The van der Waals surface area contributed by atoms with Gasteiger partial charge in [-0.1, -0.05) is 33.6 Å². The number of likely N-dealkylation sites (tertiary alicyclic amines) is 1. The van der Waals surface area contributed by atoms with Crippen LogP contribution in [0.4, 0.5) is 0 Å². The number of nitrogens with zero attached hydrogens (tertiary/aromatic N) is 1. The average molecular weight is 267 g/mol. The van der Waals surface area contributed by atoms with Crippen LogP contribution in [0.25, 0.3) is 0 Å². The molecule has 0 aromatic carbocycles. The SMILES string of the molecule is CC(C)(C)C1CCCCC1N1CCCC1CC(=O)O. The maximum absolute atomic E-state index is 11.0. The normalized spacial score (nSPS) is 33.5. The number of carboxylic acid groups (broad SMARTS) is 1. The summed E-state index contributed by atoms with van der Waals surface area (Å²) in [7, 11) is 0. The fourth-order valence-electron chi connectivity index (χ4n) is 4.23. The van der Waals surface area contributed by atoms with Gasteiger partial charge in [-0.15, -0.1) is 0 Å². The minimum atomic E-state index is -0.639. The summed E-state index contributed by atoms with van der Waals surface area (Å²) in [5, 5.41) is 9.09. The first-order valence-electron chi connectivity index (χ1n) is 7.87. The van der Waals surface area contributed by atoms with E-state index in [-0.39, 0.29) is 6.04 Å². The standard InChI is InChI=1S/C16H29NO2/c1-16(2,3)13-8-4-5-9-14(13)17-10-6-7-12(17)11-15(18)19/h12-14H,4-11H2,1-3H3,(H,18,19). The summed E-state index contributed by atoms with van der Waals surface area (Å²) in [6, 6.07) is 0.894. The average Bonchev–Trinajstić information content (AvgIpc) is 2.75. The number of hydrogen-bond donors (Lipinski definition) is 1. The van der Waals surface area contributed by atoms with Crippen molar-refractivity contribution in [3.05, 3.63) is 0 Å². The number of rotatable bonds is 3. The second-order valence-corrected chi connectivity index (χ2v) is 7.46. The lowest BCUT2D eigenvalue weighted by molar-refractivity contribution is -0.138. The molecule has 1 aliphatic carbocycles. The number of carbonyl (C=O) groups is 1. The van der Waals surface area contributed by atoms with Crippen LogP contribution in [0.3, 0.4) is 0 Å². The molecule has 2 rings (SSSR count). The van der Waals surface area contributed by atoms with Crippen LogP contribution in [-0.4, -0.2) is 34.6 Å². The van der Waals surface area contributed by atoms with Gasteiger partial charge < -0.3 is 5.11 Å². The van der Waals surface area contributed by atoms with Crippen LogP contribution in [0.15, 0.2) is 0 Å². The predicted octanol–water partition coefficient (Wildman–Crippen LogP) is 3.53. The van der Waals surface area contributed by atoms with Crippen LogP contribution >= 0.6 is 0 Å². The van der Waals surface area contributed by atoms with Crippen molar-refractivity contribution in [2.45, 2.75) is 77.8 Å². The summed E-state index contributed by atoms with van der Waals surface area (Å²) < 4.78 is 0. The van der Waals surface area contributed by atoms with Crippen LogP contribution in [0.1, 0.15) is 65.7 Å². The molecule has 1 heterocycles. The van der Waals surface area contributed by atoms with Crippen LogP contribution < -0.4 is 0 Å². The van der Waals surface area contributed by atoms with Crippen LogP contribution in [0.5, 0.6) is 0 Å². The molecule has 0 spiro atoms. The Labute approximate surface area is 117 Å². The van der Waals surface area contributed by atoms with Gasteiger partial charge in [-0.05, 0) is 43.6 Å². The third kappa shape index (κ3) is 3.50. The van der Waals surface area contributed by atoms with Crippen LogP contribution in [0, 0.1) is 11.3 Å². The van der Waals surface area contributed by atoms with Crippen LogP contribution in [0.2, 0.25) is 0 Å². The van der Waals surface area contributed by atoms with Crippen molar-refractivity contribution >= 4 is 5.97 Å². The maximum Gasteiger partial charge on any atom is 0.304 e. The number of carboxylic acids is 1. The largest absolute Gasteiger partial charge is 0.481 e. The van der Waals surface area contributed by atoms with E-state index in [1.165, 1.54) is 32.1 Å². The third-order valence-electron chi connectivity index (χ3n) is 5.10. The molecule has 1 saturated carbocycles. The second kappa shape index (κ2) is 5.82. The van der Waals surface area contributed by atoms with E-state index in [0.717, 1.165) is 18.9 Å². The van der Waals surface area contributed by atoms with Gasteiger partial charge in [-0.25, -0.2) is 0 Å². The highest BCUT2D eigenvalue weighted by atomic mass is 16.4. The molecular weight excluding hydrogens is 238 g/mol. The first-order chi connectivity index (χ1) is 8.89. The van der Waals surface area contributed by atoms with E-state index in [1.54, 1.807) is 0 Å². The summed E-state index contributed by atoms with van der Waals surface area (Å²) in [4.78, 5) is 13.6. The van der Waals surface area contributed by atoms with E-state index in [9.17, 15) is 4.79 Å². The van der Waals surface area contributed by atoms with Crippen molar-refractivity contribution in [1.82, 2.24) is 4.90 Å². The third-order valence-corrected chi connectivity index (χ3v) is 5.10. The van der Waals surface area contributed by atoms with Gasteiger partial charge in [-0.2, -0.15) is 0 Å². The van der Waals surface area contributed by atoms with Crippen molar-refractivity contribution in [3.63, 3.8) is 0 Å². The zero-order chi connectivity index (χ0) is 14.0. The smallest absolute Gasteiger partial charge is 0.304 e. The fourth-order valence-corrected chi connectivity index (χ4v) is 4.23. The molecule has 3 heteroatoms. The zero-order valence-corrected chi connectivity index (χ0v) is 12.7. The maximum atomic E-state index is 11.0. The molecule has 3 atom stereocenters. The molecule has 3 nitrogen and oxygen atoms in total. The Morgan fingerprint density at radius 2 is 1.84 bits per heavy atom. The summed E-state index contributed by atoms with van der Waals surface area (Å²) >= 11 is 0. The molecule has 0 aromatic heterocycles. The molecule has 2 aliphatic rings. The highest BCUT2D eigenvalue weighted by Gasteiger charge is 2.41. The van der Waals surface area contributed by atoms with E-state index in [2.05, 4.69) is 25.7 Å². The Hall–Kier alpha value is -0.570. The molecule has 19 heavy (non-hydrogen) atoms. The van der Waals surface area contributed by atoms with E-state index in [4.69, 9.17) is 5.11 Å². The Balaban J connectivity index is 2.10. The monoisotopic (exact) mass is 267 g/mol. The molecule has 1 saturated heterocycles. The second-order valence-electron chi connectivity index (χ2n) is 7.46. The lowest BCUT2D eigenvalue weighted by Crippen LogP contribution is -2.49. The van der Waals surface area contributed by atoms with Crippen molar-refractivity contribution in [2.75, 3.05) is 6.54 Å². The molecular formula is C16H29NO2. The Kier molecular flexibility index (Phi) is 4.54. The summed E-state index contributed by atoms with van der Waals surface area (Å²) in [5.74, 6) is 0.0793. The van der Waals surface area contributed by atoms with Gasteiger partial charge >= 0.3 is 5.97 Å². The van der Waals surface area contributed by atoms with Gasteiger partial charge in [0.25, 0.3) is 0 Å². The summed E-state index contributed by atoms with van der Waals surface area (Å²) in [5.41, 5.74) is 0.335. The minimum absolute atomic E-state index is 0.283. The van der Waals surface area contributed by atoms with Gasteiger partial charge in [0, 0.05) is 12.1 Å². The lowest BCUT2D eigenvalue weighted by atomic mass is 9.69. The highest BCUT2D eigenvalue weighted by molar-refractivity contribution is 5.67. The molecule has 0 bridgehead atoms. The molecule has 110 valence electrons. The first-order valence-corrected chi connectivity index (χ1v) is 7.87. The fraction of sp³-hybridized carbons (Fsp3) is 0.938. The van der Waals surface area contributed by atoms with Crippen molar-refractivity contribution < 1.29 is 9.90 Å². The van der Waals surface area contributed by atoms with E-state index in [1.807, 2.05) is 0 Å². The quantitative estimate of drug-likeness (QED) is 0.850. The summed E-state index contributed by atoms with van der Waals surface area (Å²) in [6.45, 7) is 8.14. The van der Waals surface area contributed by atoms with Gasteiger partial charge in [0.1, 0.15) is 0 Å². The van der Waals surface area contributed by atoms with Crippen molar-refractivity contribution in [3.8, 4) is 0 Å². The Morgan fingerprint density at radius 3 is 2.47 bits per heavy atom. The Bertz CT molecular complexity index is 321. The topological polar surface area (TPSA) is 40.5 Å². The lowest BCUT2D eigenvalue weighted by Gasteiger charge is -2.46. The van der Waals surface area contributed by atoms with Gasteiger partial charge in [0.15, 0.2) is 0 Å². The van der Waals surface area contributed by atoms with E-state index in [0.29, 0.717) is 17.9 Å². The molecule has 0 amide bonds. The highest BCUT2D eigenvalue weighted by Crippen LogP contribution is 2.42. The van der Waals surface area contributed by atoms with Gasteiger partial charge in [-0.3, -0.25) is 9.69 Å². The molecule has 3 unspecified atom stereocenters. The number of hydrogen-bond acceptors (Lipinski definition) is 2. The molecule has 0 aromatic rings. The minimum Gasteiger partial charge on any atom is -0.481 e. The van der Waals surface area contributed by atoms with Crippen LogP contribution in [-0.2, 0) is 4.79 Å². The zero-order valence-electron chi connectivity index (χ0n) is 12.7. The van der Waals surface area contributed by atoms with Gasteiger partial charge in [0.2, 0.25) is 0 Å². The van der Waals surface area contributed by atoms with E-state index < -0.39 is 5.97 Å². The molecule has 1 aliphatic heterocycles. The summed E-state index contributed by atoms with van der Waals surface area (Å²) in [6.07, 6.45) is 7.80. The van der Waals surface area contributed by atoms with Crippen molar-refractivity contribution in [1.29, 1.82) is 0 Å². The first kappa shape index (κ1) is 14.8.